The SMILES string of the molecule is C#Cc1ccc(F)cc1.C[Si](C)(C#Cc1ccc(F)cc1)c1ccccc1.C[Si](C)(C#Cc1ccc(F)cc1)c1ccccc1. The van der Waals surface area contributed by atoms with Gasteiger partial charge in [-0.1, -0.05) is 105 Å². The summed E-state index contributed by atoms with van der Waals surface area (Å²) < 4.78 is 37.7. The van der Waals surface area contributed by atoms with Gasteiger partial charge in [-0.15, -0.1) is 17.5 Å². The minimum atomic E-state index is -1.73. The molecule has 0 aliphatic heterocycles. The normalized spacial score (nSPS) is 10.2. The molecule has 0 N–H and O–H groups in total. The van der Waals surface area contributed by atoms with Crippen LogP contribution < -0.4 is 10.4 Å². The summed E-state index contributed by atoms with van der Waals surface area (Å²) >= 11 is 0. The second-order valence-electron chi connectivity index (χ2n) is 11.1. The van der Waals surface area contributed by atoms with Crippen LogP contribution in [-0.2, 0) is 0 Å². The summed E-state index contributed by atoms with van der Waals surface area (Å²) in [6.07, 6.45) is 5.03. The first-order valence-corrected chi connectivity index (χ1v) is 20.4. The zero-order valence-corrected chi connectivity index (χ0v) is 27.9. The van der Waals surface area contributed by atoms with E-state index in [0.29, 0.717) is 5.56 Å². The predicted molar refractivity (Wildman–Crippen MR) is 188 cm³/mol. The van der Waals surface area contributed by atoms with E-state index in [2.05, 4.69) is 79.3 Å². The summed E-state index contributed by atoms with van der Waals surface area (Å²) in [6.45, 7) is 8.88. The van der Waals surface area contributed by atoms with E-state index in [1.54, 1.807) is 36.4 Å². The highest BCUT2D eigenvalue weighted by Gasteiger charge is 2.21. The lowest BCUT2D eigenvalue weighted by atomic mass is 10.2. The molecule has 0 amide bonds. The molecule has 0 bridgehead atoms. The number of rotatable bonds is 2. The third-order valence-corrected chi connectivity index (χ3v) is 11.8. The molecule has 0 aromatic heterocycles. The van der Waals surface area contributed by atoms with E-state index in [4.69, 9.17) is 6.42 Å². The molecule has 0 unspecified atom stereocenters. The third kappa shape index (κ3) is 11.9. The quantitative estimate of drug-likeness (QED) is 0.136. The van der Waals surface area contributed by atoms with Crippen LogP contribution in [0.1, 0.15) is 16.7 Å². The van der Waals surface area contributed by atoms with Crippen LogP contribution in [-0.4, -0.2) is 16.1 Å². The van der Waals surface area contributed by atoms with Crippen LogP contribution in [0.4, 0.5) is 13.2 Å². The van der Waals surface area contributed by atoms with Crippen LogP contribution in [0.3, 0.4) is 0 Å². The van der Waals surface area contributed by atoms with Crippen molar-refractivity contribution in [2.45, 2.75) is 26.2 Å². The Labute approximate surface area is 268 Å². The summed E-state index contributed by atoms with van der Waals surface area (Å²) in [6, 6.07) is 39.2. The van der Waals surface area contributed by atoms with E-state index < -0.39 is 16.1 Å². The van der Waals surface area contributed by atoms with Gasteiger partial charge in [-0.2, -0.15) is 0 Å². The fourth-order valence-electron chi connectivity index (χ4n) is 3.92. The number of halogens is 3. The molecule has 5 aromatic carbocycles. The number of terminal acetylenes is 1. The molecule has 0 spiro atoms. The fourth-order valence-corrected chi connectivity index (χ4v) is 7.18. The summed E-state index contributed by atoms with van der Waals surface area (Å²) in [4.78, 5) is 0. The lowest BCUT2D eigenvalue weighted by Crippen LogP contribution is -2.39. The van der Waals surface area contributed by atoms with Crippen LogP contribution in [0.15, 0.2) is 133 Å². The molecule has 0 fully saturated rings. The first-order chi connectivity index (χ1) is 21.5. The van der Waals surface area contributed by atoms with Crippen molar-refractivity contribution in [2.75, 3.05) is 0 Å². The summed E-state index contributed by atoms with van der Waals surface area (Å²) in [5, 5.41) is 2.64. The second kappa shape index (κ2) is 16.7. The van der Waals surface area contributed by atoms with Gasteiger partial charge in [0, 0.05) is 16.7 Å². The molecule has 45 heavy (non-hydrogen) atoms. The Bertz CT molecular complexity index is 1690. The van der Waals surface area contributed by atoms with Gasteiger partial charge in [0.2, 0.25) is 0 Å². The third-order valence-electron chi connectivity index (χ3n) is 6.73. The van der Waals surface area contributed by atoms with Gasteiger partial charge in [0.25, 0.3) is 0 Å². The van der Waals surface area contributed by atoms with Crippen molar-refractivity contribution in [1.29, 1.82) is 0 Å². The van der Waals surface area contributed by atoms with E-state index in [1.165, 1.54) is 46.8 Å². The molecule has 5 aromatic rings. The average molecular weight is 629 g/mol. The van der Waals surface area contributed by atoms with Gasteiger partial charge in [0.05, 0.1) is 0 Å². The van der Waals surface area contributed by atoms with Crippen LogP contribution in [0.5, 0.6) is 0 Å². The van der Waals surface area contributed by atoms with E-state index in [9.17, 15) is 13.2 Å². The number of hydrogen-bond acceptors (Lipinski definition) is 0. The standard InChI is InChI=1S/2C16H15FSi.C8H5F/c2*1-18(2,16-6-4-3-5-7-16)13-12-14-8-10-15(17)11-9-14;1-2-7-3-5-8(9)6-4-7/h2*3-11H,1-2H3;1,3-6H. The van der Waals surface area contributed by atoms with Gasteiger partial charge in [0.15, 0.2) is 16.1 Å². The van der Waals surface area contributed by atoms with Gasteiger partial charge in [-0.3, -0.25) is 0 Å². The molecular formula is C40H35F3Si2. The Morgan fingerprint density at radius 2 is 0.711 bits per heavy atom. The van der Waals surface area contributed by atoms with Crippen molar-refractivity contribution in [3.63, 3.8) is 0 Å². The molecule has 0 nitrogen and oxygen atoms in total. The van der Waals surface area contributed by atoms with E-state index in [0.717, 1.165) is 11.1 Å². The van der Waals surface area contributed by atoms with Crippen molar-refractivity contribution in [2.24, 2.45) is 0 Å². The van der Waals surface area contributed by atoms with Crippen molar-refractivity contribution in [3.8, 4) is 35.3 Å². The number of benzene rings is 5. The van der Waals surface area contributed by atoms with E-state index in [-0.39, 0.29) is 17.5 Å². The summed E-state index contributed by atoms with van der Waals surface area (Å²) in [5.41, 5.74) is 9.20. The molecule has 5 rings (SSSR count). The van der Waals surface area contributed by atoms with Gasteiger partial charge in [0.1, 0.15) is 17.5 Å². The lowest BCUT2D eigenvalue weighted by molar-refractivity contribution is 0.627. The maximum absolute atomic E-state index is 12.8. The first-order valence-electron chi connectivity index (χ1n) is 14.4. The fraction of sp³-hybridized carbons (Fsp3) is 0.100. The van der Waals surface area contributed by atoms with Crippen LogP contribution in [0, 0.1) is 52.7 Å². The highest BCUT2D eigenvalue weighted by atomic mass is 28.3. The average Bonchev–Trinajstić information content (AvgIpc) is 3.06. The first kappa shape index (κ1) is 34.5. The zero-order valence-electron chi connectivity index (χ0n) is 25.9. The van der Waals surface area contributed by atoms with Gasteiger partial charge in [-0.05, 0) is 83.2 Å². The van der Waals surface area contributed by atoms with E-state index in [1.807, 2.05) is 36.4 Å². The minimum absolute atomic E-state index is 0.222. The van der Waals surface area contributed by atoms with Crippen molar-refractivity contribution in [1.82, 2.24) is 0 Å². The van der Waals surface area contributed by atoms with Gasteiger partial charge >= 0.3 is 0 Å². The Morgan fingerprint density at radius 1 is 0.422 bits per heavy atom. The number of hydrogen-bond donors (Lipinski definition) is 0. The van der Waals surface area contributed by atoms with Crippen LogP contribution >= 0.6 is 0 Å². The Balaban J connectivity index is 0.000000195. The molecule has 224 valence electrons. The van der Waals surface area contributed by atoms with Gasteiger partial charge in [-0.25, -0.2) is 13.2 Å². The molecule has 0 aliphatic carbocycles. The lowest BCUT2D eigenvalue weighted by Gasteiger charge is -2.14. The predicted octanol–water partition coefficient (Wildman–Crippen LogP) is 8.47. The van der Waals surface area contributed by atoms with E-state index >= 15 is 0 Å². The highest BCUT2D eigenvalue weighted by Crippen LogP contribution is 2.06. The molecule has 0 heterocycles. The van der Waals surface area contributed by atoms with Crippen LogP contribution in [0.25, 0.3) is 0 Å². The molecule has 0 aliphatic rings. The minimum Gasteiger partial charge on any atom is -0.207 e. The Morgan fingerprint density at radius 3 is 1.00 bits per heavy atom. The second-order valence-corrected chi connectivity index (χ2v) is 19.3. The van der Waals surface area contributed by atoms with Crippen molar-refractivity contribution >= 4 is 26.5 Å². The molecule has 5 heteroatoms. The Kier molecular flexibility index (Phi) is 12.8. The van der Waals surface area contributed by atoms with Crippen molar-refractivity contribution < 1.29 is 13.2 Å². The van der Waals surface area contributed by atoms with Crippen LogP contribution in [0.2, 0.25) is 26.2 Å². The van der Waals surface area contributed by atoms with Gasteiger partial charge < -0.3 is 0 Å². The molecular weight excluding hydrogens is 594 g/mol. The summed E-state index contributed by atoms with van der Waals surface area (Å²) in [7, 11) is -3.46. The summed E-state index contributed by atoms with van der Waals surface area (Å²) in [5.74, 6) is 8.00. The van der Waals surface area contributed by atoms with Crippen molar-refractivity contribution in [3.05, 3.63) is 168 Å². The maximum atomic E-state index is 12.8. The maximum Gasteiger partial charge on any atom is 0.163 e. The molecule has 0 saturated heterocycles. The smallest absolute Gasteiger partial charge is 0.163 e. The molecule has 0 atom stereocenters. The molecule has 0 radical (unpaired) electrons. The topological polar surface area (TPSA) is 0 Å². The highest BCUT2D eigenvalue weighted by molar-refractivity contribution is 6.96. The Hall–Kier alpha value is -5.00. The largest absolute Gasteiger partial charge is 0.207 e. The molecule has 0 saturated carbocycles. The zero-order chi connectivity index (χ0) is 32.7. The monoisotopic (exact) mass is 628 g/mol.